The minimum absolute atomic E-state index is 0.0212. The van der Waals surface area contributed by atoms with Gasteiger partial charge in [0.2, 0.25) is 0 Å². The second-order valence-corrected chi connectivity index (χ2v) is 11.5. The molecule has 1 unspecified atom stereocenters. The summed E-state index contributed by atoms with van der Waals surface area (Å²) < 4.78 is 22.1. The van der Waals surface area contributed by atoms with E-state index in [0.717, 1.165) is 11.1 Å². The van der Waals surface area contributed by atoms with Crippen LogP contribution in [0.5, 0.6) is 5.75 Å². The molecule has 1 aliphatic rings. The predicted molar refractivity (Wildman–Crippen MR) is 175 cm³/mol. The number of hydrogen-bond acceptors (Lipinski definition) is 9. The van der Waals surface area contributed by atoms with E-state index in [9.17, 15) is 24.3 Å². The molecule has 0 aliphatic heterocycles. The summed E-state index contributed by atoms with van der Waals surface area (Å²) in [6.45, 7) is 15.6. The third-order valence-corrected chi connectivity index (χ3v) is 8.48. The van der Waals surface area contributed by atoms with Gasteiger partial charge in [0, 0.05) is 28.9 Å². The number of ether oxygens (including phenoxy) is 4. The molecule has 2 aromatic carbocycles. The molecule has 0 saturated heterocycles. The molecular weight excluding hydrogens is 588 g/mol. The van der Waals surface area contributed by atoms with Gasteiger partial charge in [-0.1, -0.05) is 63.4 Å². The van der Waals surface area contributed by atoms with Gasteiger partial charge in [-0.15, -0.1) is 0 Å². The van der Waals surface area contributed by atoms with E-state index in [-0.39, 0.29) is 38.0 Å². The van der Waals surface area contributed by atoms with Gasteiger partial charge in [-0.3, -0.25) is 9.59 Å². The maximum atomic E-state index is 13.4. The minimum atomic E-state index is -0.907. The van der Waals surface area contributed by atoms with Crippen LogP contribution in [0.25, 0.3) is 11.1 Å². The first-order valence-corrected chi connectivity index (χ1v) is 15.4. The first-order chi connectivity index (χ1) is 22.0. The number of ketones is 2. The molecule has 246 valence electrons. The molecule has 0 heterocycles. The van der Waals surface area contributed by atoms with E-state index in [4.69, 9.17) is 18.9 Å². The number of fused-ring (bicyclic) bond motifs is 3. The summed E-state index contributed by atoms with van der Waals surface area (Å²) in [6, 6.07) is 11.0. The van der Waals surface area contributed by atoms with Gasteiger partial charge in [-0.2, -0.15) is 0 Å². The molecule has 0 radical (unpaired) electrons. The lowest BCUT2D eigenvalue weighted by atomic mass is 9.75. The smallest absolute Gasteiger partial charge is 0.489 e. The Morgan fingerprint density at radius 1 is 0.935 bits per heavy atom. The van der Waals surface area contributed by atoms with E-state index >= 15 is 0 Å². The molecule has 1 N–H and O–H groups in total. The van der Waals surface area contributed by atoms with Crippen molar-refractivity contribution in [3.63, 3.8) is 0 Å². The first kappa shape index (κ1) is 36.0. The number of aliphatic hydroxyl groups excluding tert-OH is 1. The van der Waals surface area contributed by atoms with E-state index < -0.39 is 36.0 Å². The summed E-state index contributed by atoms with van der Waals surface area (Å²) in [7, 11) is 0. The van der Waals surface area contributed by atoms with Crippen molar-refractivity contribution in [1.82, 2.24) is 0 Å². The molecule has 0 aromatic heterocycles. The Morgan fingerprint density at radius 3 is 2.28 bits per heavy atom. The highest BCUT2D eigenvalue weighted by Gasteiger charge is 2.37. The number of esters is 1. The standard InChI is InChI=1S/C37H44O9/c1-8-18-43-36(41)24(5)31(22(3)23(4)33(25(6)39)26(7)46-37(42)44-19-9-2)21-45-32-14-10-13-29-34(32)28-16-15-27(12-11-17-38)20-30(28)35(29)40/h8-10,13-16,20,22-23,26,33,38H,1-2,11-12,17-19,21H2,3-7H3/b31-24+/t22-,23?,26-,33-/m1/s1. The quantitative estimate of drug-likeness (QED) is 0.101. The molecule has 0 amide bonds. The molecule has 9 nitrogen and oxygen atoms in total. The lowest BCUT2D eigenvalue weighted by Crippen LogP contribution is -2.38. The number of aryl methyl sites for hydroxylation is 1. The van der Waals surface area contributed by atoms with E-state index in [1.165, 1.54) is 19.1 Å². The van der Waals surface area contributed by atoms with Gasteiger partial charge in [0.15, 0.2) is 5.78 Å². The third kappa shape index (κ3) is 8.40. The fraction of sp³-hybridized carbons (Fsp3) is 0.405. The zero-order valence-corrected chi connectivity index (χ0v) is 27.3. The number of benzene rings is 2. The fourth-order valence-electron chi connectivity index (χ4n) is 5.95. The molecule has 0 fully saturated rings. The van der Waals surface area contributed by atoms with Crippen LogP contribution in [-0.2, 0) is 30.2 Å². The molecule has 4 atom stereocenters. The summed E-state index contributed by atoms with van der Waals surface area (Å²) in [4.78, 5) is 51.5. The Hall–Kier alpha value is -4.50. The Kier molecular flexibility index (Phi) is 13.1. The summed E-state index contributed by atoms with van der Waals surface area (Å²) in [5.74, 6) is -1.89. The number of Topliss-reactive ketones (excluding diaryl/α,β-unsaturated/α-hetero) is 1. The van der Waals surface area contributed by atoms with Crippen molar-refractivity contribution < 1.29 is 43.2 Å². The van der Waals surface area contributed by atoms with E-state index in [2.05, 4.69) is 13.2 Å². The van der Waals surface area contributed by atoms with Crippen molar-refractivity contribution in [2.24, 2.45) is 17.8 Å². The van der Waals surface area contributed by atoms with Crippen LogP contribution < -0.4 is 4.74 Å². The molecule has 0 saturated carbocycles. The monoisotopic (exact) mass is 632 g/mol. The van der Waals surface area contributed by atoms with Gasteiger partial charge in [-0.05, 0) is 74.3 Å². The second-order valence-electron chi connectivity index (χ2n) is 11.5. The van der Waals surface area contributed by atoms with Gasteiger partial charge in [0.05, 0.1) is 5.92 Å². The summed E-state index contributed by atoms with van der Waals surface area (Å²) >= 11 is 0. The molecule has 0 bridgehead atoms. The number of aliphatic hydroxyl groups is 1. The largest absolute Gasteiger partial charge is 0.508 e. The molecule has 9 heteroatoms. The molecule has 46 heavy (non-hydrogen) atoms. The maximum absolute atomic E-state index is 13.4. The van der Waals surface area contributed by atoms with Crippen LogP contribution in [0.15, 0.2) is 72.9 Å². The highest BCUT2D eigenvalue weighted by molar-refractivity contribution is 6.22. The lowest BCUT2D eigenvalue weighted by Gasteiger charge is -2.33. The van der Waals surface area contributed by atoms with Gasteiger partial charge in [0.1, 0.15) is 37.5 Å². The summed E-state index contributed by atoms with van der Waals surface area (Å²) in [5, 5.41) is 9.23. The van der Waals surface area contributed by atoms with Gasteiger partial charge < -0.3 is 24.1 Å². The number of hydrogen-bond donors (Lipinski definition) is 1. The second kappa shape index (κ2) is 16.7. The molecule has 0 spiro atoms. The van der Waals surface area contributed by atoms with Crippen molar-refractivity contribution in [2.75, 3.05) is 26.4 Å². The van der Waals surface area contributed by atoms with Crippen LogP contribution in [0.3, 0.4) is 0 Å². The van der Waals surface area contributed by atoms with Crippen molar-refractivity contribution in [1.29, 1.82) is 0 Å². The lowest BCUT2D eigenvalue weighted by molar-refractivity contribution is -0.137. The fourth-order valence-corrected chi connectivity index (χ4v) is 5.95. The average molecular weight is 633 g/mol. The van der Waals surface area contributed by atoms with E-state index in [1.54, 1.807) is 32.0 Å². The van der Waals surface area contributed by atoms with Crippen LogP contribution >= 0.6 is 0 Å². The molecular formula is C37H44O9. The van der Waals surface area contributed by atoms with Gasteiger partial charge >= 0.3 is 12.1 Å². The van der Waals surface area contributed by atoms with Crippen molar-refractivity contribution in [3.8, 4) is 16.9 Å². The van der Waals surface area contributed by atoms with Crippen LogP contribution in [0.1, 0.15) is 62.5 Å². The highest BCUT2D eigenvalue weighted by atomic mass is 16.7. The molecule has 2 aromatic rings. The number of rotatable bonds is 17. The third-order valence-electron chi connectivity index (χ3n) is 8.48. The zero-order chi connectivity index (χ0) is 34.0. The maximum Gasteiger partial charge on any atom is 0.508 e. The number of carbonyl (C=O) groups is 4. The topological polar surface area (TPSA) is 125 Å². The molecule has 1 aliphatic carbocycles. The normalized spacial score (nSPS) is 14.9. The van der Waals surface area contributed by atoms with Gasteiger partial charge in [0.25, 0.3) is 0 Å². The zero-order valence-electron chi connectivity index (χ0n) is 27.3. The van der Waals surface area contributed by atoms with Crippen LogP contribution in [0.2, 0.25) is 0 Å². The molecule has 3 rings (SSSR count). The Bertz CT molecular complexity index is 1500. The highest BCUT2D eigenvalue weighted by Crippen LogP contribution is 2.43. The predicted octanol–water partition coefficient (Wildman–Crippen LogP) is 6.45. The minimum Gasteiger partial charge on any atom is -0.489 e. The van der Waals surface area contributed by atoms with Crippen LogP contribution in [0, 0.1) is 17.8 Å². The Labute approximate surface area is 270 Å². The van der Waals surface area contributed by atoms with E-state index in [1.807, 2.05) is 32.0 Å². The van der Waals surface area contributed by atoms with Gasteiger partial charge in [-0.25, -0.2) is 9.59 Å². The van der Waals surface area contributed by atoms with E-state index in [0.29, 0.717) is 46.4 Å². The number of carbonyl (C=O) groups excluding carboxylic acids is 4. The average Bonchev–Trinajstić information content (AvgIpc) is 3.32. The van der Waals surface area contributed by atoms with Crippen LogP contribution in [-0.4, -0.2) is 61.3 Å². The van der Waals surface area contributed by atoms with Crippen molar-refractivity contribution >= 4 is 23.7 Å². The summed E-state index contributed by atoms with van der Waals surface area (Å²) in [6.07, 6.45) is 2.42. The van der Waals surface area contributed by atoms with Crippen LogP contribution in [0.4, 0.5) is 4.79 Å². The summed E-state index contributed by atoms with van der Waals surface area (Å²) in [5.41, 5.74) is 4.40. The van der Waals surface area contributed by atoms with Crippen molar-refractivity contribution in [3.05, 3.63) is 89.5 Å². The first-order valence-electron chi connectivity index (χ1n) is 15.4. The Morgan fingerprint density at radius 2 is 1.63 bits per heavy atom. The van der Waals surface area contributed by atoms with Crippen molar-refractivity contribution in [2.45, 2.75) is 53.6 Å². The Balaban J connectivity index is 1.96. The SMILES string of the molecule is C=CCOC(=O)O[C@H](C)[C@@H](C(C)=O)C(C)[C@@H](C)/C(COc1cccc2c1-c1ccc(CCCO)cc1C2=O)=C(\C)C(=O)OCC=C.